The third-order valence-electron chi connectivity index (χ3n) is 4.80. The Morgan fingerprint density at radius 2 is 1.52 bits per heavy atom. The number of hydrogen-bond donors (Lipinski definition) is 0. The van der Waals surface area contributed by atoms with E-state index in [0.29, 0.717) is 43.9 Å². The molecular formula is C21H27N3O3. The van der Waals surface area contributed by atoms with Crippen molar-refractivity contribution in [1.82, 2.24) is 14.4 Å². The number of amides is 2. The second-order valence-corrected chi connectivity index (χ2v) is 6.88. The lowest BCUT2D eigenvalue weighted by Crippen LogP contribution is -2.50. The standard InChI is InChI=1S/C21H27N3O3/c1-3-4-15-27-19-7-5-17(6-8-19)20(25)23-11-13-24(14-12-23)21(26)18-9-10-22(2)16-18/h5-10,16H,3-4,11-15H2,1-2H3. The molecule has 0 spiro atoms. The summed E-state index contributed by atoms with van der Waals surface area (Å²) in [6.45, 7) is 5.02. The highest BCUT2D eigenvalue weighted by Crippen LogP contribution is 2.16. The van der Waals surface area contributed by atoms with Gasteiger partial charge < -0.3 is 19.1 Å². The van der Waals surface area contributed by atoms with Crippen LogP contribution in [-0.2, 0) is 7.05 Å². The zero-order valence-electron chi connectivity index (χ0n) is 16.1. The summed E-state index contributed by atoms with van der Waals surface area (Å²) in [6.07, 6.45) is 5.80. The van der Waals surface area contributed by atoms with E-state index in [2.05, 4.69) is 6.92 Å². The number of ether oxygens (including phenoxy) is 1. The first kappa shape index (κ1) is 19.0. The number of carbonyl (C=O) groups excluding carboxylic acids is 2. The van der Waals surface area contributed by atoms with Crippen LogP contribution < -0.4 is 4.74 Å². The van der Waals surface area contributed by atoms with Crippen molar-refractivity contribution in [2.45, 2.75) is 19.8 Å². The molecule has 27 heavy (non-hydrogen) atoms. The molecule has 0 unspecified atom stereocenters. The minimum absolute atomic E-state index is 0.00178. The lowest BCUT2D eigenvalue weighted by atomic mass is 10.1. The lowest BCUT2D eigenvalue weighted by molar-refractivity contribution is 0.0535. The second kappa shape index (κ2) is 8.75. The van der Waals surface area contributed by atoms with E-state index in [1.165, 1.54) is 0 Å². The Labute approximate surface area is 160 Å². The number of nitrogens with zero attached hydrogens (tertiary/aromatic N) is 3. The highest BCUT2D eigenvalue weighted by atomic mass is 16.5. The summed E-state index contributed by atoms with van der Waals surface area (Å²) in [5.41, 5.74) is 1.34. The van der Waals surface area contributed by atoms with Crippen molar-refractivity contribution in [3.63, 3.8) is 0 Å². The second-order valence-electron chi connectivity index (χ2n) is 6.88. The fourth-order valence-corrected chi connectivity index (χ4v) is 3.14. The molecule has 3 rings (SSSR count). The van der Waals surface area contributed by atoms with Crippen LogP contribution in [0.25, 0.3) is 0 Å². The Balaban J connectivity index is 1.53. The molecule has 0 atom stereocenters. The first-order valence-corrected chi connectivity index (χ1v) is 9.52. The van der Waals surface area contributed by atoms with Crippen LogP contribution in [0.3, 0.4) is 0 Å². The number of piperazine rings is 1. The van der Waals surface area contributed by atoms with E-state index in [1.54, 1.807) is 0 Å². The topological polar surface area (TPSA) is 54.8 Å². The Kier molecular flexibility index (Phi) is 6.16. The van der Waals surface area contributed by atoms with Crippen molar-refractivity contribution >= 4 is 11.8 Å². The minimum atomic E-state index is 0.00178. The summed E-state index contributed by atoms with van der Waals surface area (Å²) in [5.74, 6) is 0.816. The molecule has 1 aliphatic heterocycles. The molecule has 6 nitrogen and oxygen atoms in total. The highest BCUT2D eigenvalue weighted by Gasteiger charge is 2.25. The zero-order chi connectivity index (χ0) is 19.2. The summed E-state index contributed by atoms with van der Waals surface area (Å²) < 4.78 is 7.50. The van der Waals surface area contributed by atoms with Gasteiger partial charge in [-0.15, -0.1) is 0 Å². The third kappa shape index (κ3) is 4.70. The number of aryl methyl sites for hydroxylation is 1. The van der Waals surface area contributed by atoms with Gasteiger partial charge in [0.1, 0.15) is 5.75 Å². The fourth-order valence-electron chi connectivity index (χ4n) is 3.14. The van der Waals surface area contributed by atoms with E-state index < -0.39 is 0 Å². The molecule has 144 valence electrons. The van der Waals surface area contributed by atoms with E-state index >= 15 is 0 Å². The molecule has 2 heterocycles. The van der Waals surface area contributed by atoms with Gasteiger partial charge in [-0.05, 0) is 36.8 Å². The number of rotatable bonds is 6. The van der Waals surface area contributed by atoms with Gasteiger partial charge >= 0.3 is 0 Å². The minimum Gasteiger partial charge on any atom is -0.494 e. The van der Waals surface area contributed by atoms with Gasteiger partial charge in [0.2, 0.25) is 0 Å². The summed E-state index contributed by atoms with van der Waals surface area (Å²) in [4.78, 5) is 28.8. The van der Waals surface area contributed by atoms with Crippen molar-refractivity contribution in [3.8, 4) is 5.75 Å². The van der Waals surface area contributed by atoms with Crippen molar-refractivity contribution in [2.75, 3.05) is 32.8 Å². The summed E-state index contributed by atoms with van der Waals surface area (Å²) in [7, 11) is 1.90. The molecule has 0 saturated carbocycles. The van der Waals surface area contributed by atoms with Crippen LogP contribution in [0.15, 0.2) is 42.7 Å². The van der Waals surface area contributed by atoms with Crippen molar-refractivity contribution in [3.05, 3.63) is 53.9 Å². The smallest absolute Gasteiger partial charge is 0.255 e. The summed E-state index contributed by atoms with van der Waals surface area (Å²) in [5, 5.41) is 0. The van der Waals surface area contributed by atoms with Crippen molar-refractivity contribution in [1.29, 1.82) is 0 Å². The third-order valence-corrected chi connectivity index (χ3v) is 4.80. The fraction of sp³-hybridized carbons (Fsp3) is 0.429. The monoisotopic (exact) mass is 369 g/mol. The lowest BCUT2D eigenvalue weighted by Gasteiger charge is -2.34. The SMILES string of the molecule is CCCCOc1ccc(C(=O)N2CCN(C(=O)c3ccn(C)c3)CC2)cc1. The van der Waals surface area contributed by atoms with Crippen LogP contribution in [-0.4, -0.2) is 59.0 Å². The van der Waals surface area contributed by atoms with E-state index in [9.17, 15) is 9.59 Å². The molecule has 0 aliphatic carbocycles. The van der Waals surface area contributed by atoms with Crippen LogP contribution in [0.4, 0.5) is 0 Å². The van der Waals surface area contributed by atoms with Gasteiger partial charge in [0.15, 0.2) is 0 Å². The molecule has 1 aromatic heterocycles. The molecule has 0 N–H and O–H groups in total. The number of unbranched alkanes of at least 4 members (excludes halogenated alkanes) is 1. The maximum atomic E-state index is 12.7. The number of benzene rings is 1. The van der Waals surface area contributed by atoms with Gasteiger partial charge in [-0.1, -0.05) is 13.3 Å². The zero-order valence-corrected chi connectivity index (χ0v) is 16.1. The Bertz CT molecular complexity index is 774. The molecule has 2 amide bonds. The summed E-state index contributed by atoms with van der Waals surface area (Å²) in [6, 6.07) is 9.14. The van der Waals surface area contributed by atoms with Crippen molar-refractivity contribution in [2.24, 2.45) is 7.05 Å². The van der Waals surface area contributed by atoms with E-state index in [0.717, 1.165) is 18.6 Å². The molecule has 1 saturated heterocycles. The summed E-state index contributed by atoms with van der Waals surface area (Å²) >= 11 is 0. The Morgan fingerprint density at radius 3 is 2.04 bits per heavy atom. The number of carbonyl (C=O) groups is 2. The Hall–Kier alpha value is -2.76. The highest BCUT2D eigenvalue weighted by molar-refractivity contribution is 5.96. The van der Waals surface area contributed by atoms with Gasteiger partial charge in [0.25, 0.3) is 11.8 Å². The maximum Gasteiger partial charge on any atom is 0.255 e. The van der Waals surface area contributed by atoms with Gasteiger partial charge in [0, 0.05) is 51.2 Å². The Morgan fingerprint density at radius 1 is 0.926 bits per heavy atom. The van der Waals surface area contributed by atoms with Gasteiger partial charge in [-0.3, -0.25) is 9.59 Å². The van der Waals surface area contributed by atoms with E-state index in [1.807, 2.05) is 64.1 Å². The average Bonchev–Trinajstić information content (AvgIpc) is 3.14. The quantitative estimate of drug-likeness (QED) is 0.736. The molecule has 1 aliphatic rings. The average molecular weight is 369 g/mol. The normalized spacial score (nSPS) is 14.3. The largest absolute Gasteiger partial charge is 0.494 e. The predicted molar refractivity (Wildman–Crippen MR) is 104 cm³/mol. The van der Waals surface area contributed by atoms with Crippen LogP contribution in [0.1, 0.15) is 40.5 Å². The van der Waals surface area contributed by atoms with Crippen LogP contribution in [0, 0.1) is 0 Å². The molecular weight excluding hydrogens is 342 g/mol. The molecule has 6 heteroatoms. The van der Waals surface area contributed by atoms with Crippen LogP contribution >= 0.6 is 0 Å². The molecule has 1 aromatic carbocycles. The molecule has 0 radical (unpaired) electrons. The first-order chi connectivity index (χ1) is 13.1. The van der Waals surface area contributed by atoms with Gasteiger partial charge in [-0.2, -0.15) is 0 Å². The molecule has 1 fully saturated rings. The number of aromatic nitrogens is 1. The van der Waals surface area contributed by atoms with Crippen LogP contribution in [0.2, 0.25) is 0 Å². The number of hydrogen-bond acceptors (Lipinski definition) is 3. The molecule has 2 aromatic rings. The predicted octanol–water partition coefficient (Wildman–Crippen LogP) is 2.80. The molecule has 0 bridgehead atoms. The first-order valence-electron chi connectivity index (χ1n) is 9.52. The van der Waals surface area contributed by atoms with E-state index in [4.69, 9.17) is 4.74 Å². The van der Waals surface area contributed by atoms with E-state index in [-0.39, 0.29) is 11.8 Å². The van der Waals surface area contributed by atoms with Gasteiger partial charge in [-0.25, -0.2) is 0 Å². The van der Waals surface area contributed by atoms with Gasteiger partial charge in [0.05, 0.1) is 12.2 Å². The van der Waals surface area contributed by atoms with Crippen molar-refractivity contribution < 1.29 is 14.3 Å². The maximum absolute atomic E-state index is 12.7. The van der Waals surface area contributed by atoms with Crippen LogP contribution in [0.5, 0.6) is 5.75 Å².